The van der Waals surface area contributed by atoms with Crippen LogP contribution < -0.4 is 11.1 Å². The van der Waals surface area contributed by atoms with Crippen LogP contribution in [0.15, 0.2) is 54.9 Å². The van der Waals surface area contributed by atoms with Gasteiger partial charge in [-0.25, -0.2) is 0 Å². The van der Waals surface area contributed by atoms with Crippen LogP contribution in [-0.4, -0.2) is 15.2 Å². The molecule has 3 aromatic rings. The summed E-state index contributed by atoms with van der Waals surface area (Å²) in [4.78, 5) is 3.00. The molecule has 0 saturated heterocycles. The molecule has 100 valence electrons. The molecular formula is C15H15N5. The lowest BCUT2D eigenvalue weighted by Crippen LogP contribution is -1.99. The SMILES string of the molecule is NCc1cccc(Nc2ccc(-c3cc[nH]c3)nn2)c1. The van der Waals surface area contributed by atoms with Gasteiger partial charge in [-0.1, -0.05) is 12.1 Å². The molecule has 0 atom stereocenters. The van der Waals surface area contributed by atoms with Gasteiger partial charge in [0.2, 0.25) is 0 Å². The minimum Gasteiger partial charge on any atom is -0.367 e. The summed E-state index contributed by atoms with van der Waals surface area (Å²) in [6.07, 6.45) is 3.75. The van der Waals surface area contributed by atoms with E-state index in [-0.39, 0.29) is 0 Å². The molecule has 5 heteroatoms. The average molecular weight is 265 g/mol. The number of benzene rings is 1. The molecule has 0 amide bonds. The minimum atomic E-state index is 0.521. The summed E-state index contributed by atoms with van der Waals surface area (Å²) in [5.41, 5.74) is 9.52. The quantitative estimate of drug-likeness (QED) is 0.677. The normalized spacial score (nSPS) is 10.4. The van der Waals surface area contributed by atoms with E-state index < -0.39 is 0 Å². The second-order valence-electron chi connectivity index (χ2n) is 4.43. The molecule has 0 saturated carbocycles. The van der Waals surface area contributed by atoms with Gasteiger partial charge in [0.05, 0.1) is 5.69 Å². The molecule has 0 spiro atoms. The van der Waals surface area contributed by atoms with Gasteiger partial charge in [-0.2, -0.15) is 0 Å². The third-order valence-electron chi connectivity index (χ3n) is 2.99. The van der Waals surface area contributed by atoms with Crippen LogP contribution in [0.1, 0.15) is 5.56 Å². The van der Waals surface area contributed by atoms with Crippen LogP contribution in [0.2, 0.25) is 0 Å². The molecule has 0 fully saturated rings. The van der Waals surface area contributed by atoms with Gasteiger partial charge >= 0.3 is 0 Å². The molecule has 0 aliphatic carbocycles. The predicted molar refractivity (Wildman–Crippen MR) is 79.4 cm³/mol. The monoisotopic (exact) mass is 265 g/mol. The van der Waals surface area contributed by atoms with E-state index in [0.29, 0.717) is 12.4 Å². The van der Waals surface area contributed by atoms with Crippen LogP contribution in [0.5, 0.6) is 0 Å². The molecule has 4 N–H and O–H groups in total. The van der Waals surface area contributed by atoms with Gasteiger partial charge in [0.1, 0.15) is 0 Å². The third kappa shape index (κ3) is 2.67. The highest BCUT2D eigenvalue weighted by Crippen LogP contribution is 2.19. The summed E-state index contributed by atoms with van der Waals surface area (Å²) >= 11 is 0. The molecule has 0 radical (unpaired) electrons. The summed E-state index contributed by atoms with van der Waals surface area (Å²) < 4.78 is 0. The number of nitrogens with two attached hydrogens (primary N) is 1. The fraction of sp³-hybridized carbons (Fsp3) is 0.0667. The largest absolute Gasteiger partial charge is 0.367 e. The van der Waals surface area contributed by atoms with Gasteiger partial charge in [0.25, 0.3) is 0 Å². The van der Waals surface area contributed by atoms with Crippen molar-refractivity contribution in [2.45, 2.75) is 6.54 Å². The number of rotatable bonds is 4. The number of aromatic amines is 1. The van der Waals surface area contributed by atoms with E-state index in [1.54, 1.807) is 0 Å². The summed E-state index contributed by atoms with van der Waals surface area (Å²) in [5.74, 6) is 0.707. The number of anilines is 2. The number of nitrogens with one attached hydrogen (secondary N) is 2. The van der Waals surface area contributed by atoms with Gasteiger partial charge in [-0.15, -0.1) is 10.2 Å². The molecule has 2 heterocycles. The van der Waals surface area contributed by atoms with Crippen LogP contribution >= 0.6 is 0 Å². The molecule has 0 unspecified atom stereocenters. The smallest absolute Gasteiger partial charge is 0.153 e. The molecular weight excluding hydrogens is 250 g/mol. The Morgan fingerprint density at radius 1 is 1.10 bits per heavy atom. The number of H-pyrrole nitrogens is 1. The van der Waals surface area contributed by atoms with Gasteiger partial charge in [-0.05, 0) is 35.9 Å². The Labute approximate surface area is 116 Å². The Morgan fingerprint density at radius 2 is 2.05 bits per heavy atom. The summed E-state index contributed by atoms with van der Waals surface area (Å²) in [6.45, 7) is 0.521. The van der Waals surface area contributed by atoms with Crippen LogP contribution in [0.3, 0.4) is 0 Å². The van der Waals surface area contributed by atoms with E-state index in [1.807, 2.05) is 54.9 Å². The lowest BCUT2D eigenvalue weighted by Gasteiger charge is -2.06. The van der Waals surface area contributed by atoms with Crippen molar-refractivity contribution in [3.8, 4) is 11.3 Å². The van der Waals surface area contributed by atoms with Crippen molar-refractivity contribution in [2.75, 3.05) is 5.32 Å². The first-order valence-corrected chi connectivity index (χ1v) is 6.38. The molecule has 0 aliphatic rings. The molecule has 2 aromatic heterocycles. The lowest BCUT2D eigenvalue weighted by molar-refractivity contribution is 1.04. The number of hydrogen-bond donors (Lipinski definition) is 3. The van der Waals surface area contributed by atoms with E-state index in [9.17, 15) is 0 Å². The fourth-order valence-electron chi connectivity index (χ4n) is 1.96. The summed E-state index contributed by atoms with van der Waals surface area (Å²) in [6, 6.07) is 13.7. The highest BCUT2D eigenvalue weighted by atomic mass is 15.2. The zero-order valence-corrected chi connectivity index (χ0v) is 10.9. The van der Waals surface area contributed by atoms with Crippen LogP contribution in [0.25, 0.3) is 11.3 Å². The first kappa shape index (κ1) is 12.4. The number of hydrogen-bond acceptors (Lipinski definition) is 4. The lowest BCUT2D eigenvalue weighted by atomic mass is 10.2. The number of aromatic nitrogens is 3. The Bertz CT molecular complexity index is 674. The zero-order valence-electron chi connectivity index (χ0n) is 10.9. The van der Waals surface area contributed by atoms with E-state index in [0.717, 1.165) is 22.5 Å². The molecule has 1 aromatic carbocycles. The van der Waals surface area contributed by atoms with Crippen molar-refractivity contribution >= 4 is 11.5 Å². The van der Waals surface area contributed by atoms with Crippen molar-refractivity contribution < 1.29 is 0 Å². The third-order valence-corrected chi connectivity index (χ3v) is 2.99. The van der Waals surface area contributed by atoms with E-state index in [1.165, 1.54) is 0 Å². The Balaban J connectivity index is 1.78. The summed E-state index contributed by atoms with van der Waals surface area (Å²) in [5, 5.41) is 11.6. The first-order valence-electron chi connectivity index (χ1n) is 6.38. The molecule has 0 aliphatic heterocycles. The molecule has 3 rings (SSSR count). The highest BCUT2D eigenvalue weighted by Gasteiger charge is 2.02. The standard InChI is InChI=1S/C15H15N5/c16-9-11-2-1-3-13(8-11)18-15-5-4-14(19-20-15)12-6-7-17-10-12/h1-8,10,17H,9,16H2,(H,18,20). The van der Waals surface area contributed by atoms with Gasteiger partial charge in [-0.3, -0.25) is 0 Å². The van der Waals surface area contributed by atoms with Gasteiger partial charge < -0.3 is 16.0 Å². The topological polar surface area (TPSA) is 79.6 Å². The van der Waals surface area contributed by atoms with Crippen molar-refractivity contribution in [2.24, 2.45) is 5.73 Å². The predicted octanol–water partition coefficient (Wildman–Crippen LogP) is 2.67. The van der Waals surface area contributed by atoms with Crippen molar-refractivity contribution in [3.63, 3.8) is 0 Å². The first-order chi connectivity index (χ1) is 9.85. The van der Waals surface area contributed by atoms with E-state index in [4.69, 9.17) is 5.73 Å². The maximum Gasteiger partial charge on any atom is 0.153 e. The van der Waals surface area contributed by atoms with Crippen molar-refractivity contribution in [1.29, 1.82) is 0 Å². The maximum atomic E-state index is 5.63. The van der Waals surface area contributed by atoms with Gasteiger partial charge in [0.15, 0.2) is 5.82 Å². The number of nitrogens with zero attached hydrogens (tertiary/aromatic N) is 2. The second-order valence-corrected chi connectivity index (χ2v) is 4.43. The van der Waals surface area contributed by atoms with Crippen LogP contribution in [-0.2, 0) is 6.54 Å². The highest BCUT2D eigenvalue weighted by molar-refractivity contribution is 5.61. The van der Waals surface area contributed by atoms with Crippen molar-refractivity contribution in [3.05, 3.63) is 60.4 Å². The second kappa shape index (κ2) is 5.54. The molecule has 5 nitrogen and oxygen atoms in total. The van der Waals surface area contributed by atoms with Crippen molar-refractivity contribution in [1.82, 2.24) is 15.2 Å². The van der Waals surface area contributed by atoms with E-state index in [2.05, 4.69) is 20.5 Å². The zero-order chi connectivity index (χ0) is 13.8. The average Bonchev–Trinajstić information content (AvgIpc) is 3.02. The Morgan fingerprint density at radius 3 is 2.75 bits per heavy atom. The maximum absolute atomic E-state index is 5.63. The fourth-order valence-corrected chi connectivity index (χ4v) is 1.96. The summed E-state index contributed by atoms with van der Waals surface area (Å²) in [7, 11) is 0. The Kier molecular flexibility index (Phi) is 3.43. The van der Waals surface area contributed by atoms with E-state index >= 15 is 0 Å². The van der Waals surface area contributed by atoms with Crippen LogP contribution in [0, 0.1) is 0 Å². The Hall–Kier alpha value is -2.66. The minimum absolute atomic E-state index is 0.521. The molecule has 0 bridgehead atoms. The van der Waals surface area contributed by atoms with Crippen LogP contribution in [0.4, 0.5) is 11.5 Å². The van der Waals surface area contributed by atoms with Gasteiger partial charge in [0, 0.05) is 30.2 Å². The molecule has 20 heavy (non-hydrogen) atoms.